The van der Waals surface area contributed by atoms with Gasteiger partial charge in [0, 0.05) is 12.3 Å². The van der Waals surface area contributed by atoms with Gasteiger partial charge in [-0.05, 0) is 5.56 Å². The number of hydrogen-bond acceptors (Lipinski definition) is 4. The van der Waals surface area contributed by atoms with Crippen LogP contribution in [-0.4, -0.2) is 25.8 Å². The third-order valence-corrected chi connectivity index (χ3v) is 3.92. The molecule has 0 amide bonds. The van der Waals surface area contributed by atoms with Crippen LogP contribution in [0.2, 0.25) is 0 Å². The zero-order valence-electron chi connectivity index (χ0n) is 10.2. The minimum absolute atomic E-state index is 0.0320. The molecule has 2 aromatic rings. The second-order valence-corrected chi connectivity index (χ2v) is 5.16. The maximum atomic E-state index is 11.3. The van der Waals surface area contributed by atoms with Crippen molar-refractivity contribution in [2.24, 2.45) is 7.05 Å². The Morgan fingerprint density at radius 2 is 2.16 bits per heavy atom. The van der Waals surface area contributed by atoms with E-state index in [1.807, 2.05) is 30.3 Å². The summed E-state index contributed by atoms with van der Waals surface area (Å²) in [5.74, 6) is -0.887. The molecule has 0 fully saturated rings. The fourth-order valence-electron chi connectivity index (χ4n) is 1.62. The second kappa shape index (κ2) is 5.75. The molecule has 2 rings (SSSR count). The number of nitrogens with one attached hydrogen (secondary N) is 1. The van der Waals surface area contributed by atoms with Gasteiger partial charge in [0.1, 0.15) is 0 Å². The third-order valence-electron chi connectivity index (χ3n) is 2.62. The van der Waals surface area contributed by atoms with E-state index in [1.54, 1.807) is 7.05 Å². The van der Waals surface area contributed by atoms with Crippen molar-refractivity contribution < 1.29 is 9.90 Å². The van der Waals surface area contributed by atoms with Gasteiger partial charge in [-0.2, -0.15) is 0 Å². The topological polar surface area (TPSA) is 88.0 Å². The summed E-state index contributed by atoms with van der Waals surface area (Å²) in [6, 6.07) is 9.32. The van der Waals surface area contributed by atoms with Crippen molar-refractivity contribution in [1.82, 2.24) is 14.8 Å². The van der Waals surface area contributed by atoms with Gasteiger partial charge in [-0.15, -0.1) is 5.10 Å². The van der Waals surface area contributed by atoms with Gasteiger partial charge in [0.05, 0.1) is 6.42 Å². The van der Waals surface area contributed by atoms with E-state index in [2.05, 4.69) is 10.2 Å². The van der Waals surface area contributed by atoms with Crippen LogP contribution in [0.15, 0.2) is 40.3 Å². The van der Waals surface area contributed by atoms with Crippen LogP contribution in [0, 0.1) is 0 Å². The highest BCUT2D eigenvalue weighted by atomic mass is 32.2. The maximum absolute atomic E-state index is 11.3. The molecule has 0 saturated heterocycles. The number of carbonyl (C=O) groups is 1. The lowest BCUT2D eigenvalue weighted by Crippen LogP contribution is -2.13. The number of benzene rings is 1. The summed E-state index contributed by atoms with van der Waals surface area (Å²) >= 11 is 1.26. The number of rotatable bonds is 5. The number of carboxylic acids is 1. The van der Waals surface area contributed by atoms with Crippen LogP contribution in [0.5, 0.6) is 0 Å². The molecule has 0 spiro atoms. The first kappa shape index (κ1) is 13.4. The monoisotopic (exact) mass is 279 g/mol. The van der Waals surface area contributed by atoms with E-state index >= 15 is 0 Å². The number of aromatic amines is 1. The summed E-state index contributed by atoms with van der Waals surface area (Å²) in [4.78, 5) is 22.2. The molecule has 0 aliphatic carbocycles. The number of aliphatic carboxylic acids is 1. The van der Waals surface area contributed by atoms with Crippen molar-refractivity contribution in [2.45, 2.75) is 16.8 Å². The number of nitrogens with zero attached hydrogens (tertiary/aromatic N) is 2. The Balaban J connectivity index is 2.26. The van der Waals surface area contributed by atoms with Crippen LogP contribution in [0.3, 0.4) is 0 Å². The van der Waals surface area contributed by atoms with Crippen LogP contribution in [0.25, 0.3) is 0 Å². The average Bonchev–Trinajstić information content (AvgIpc) is 2.70. The van der Waals surface area contributed by atoms with Crippen molar-refractivity contribution in [3.8, 4) is 0 Å². The predicted molar refractivity (Wildman–Crippen MR) is 71.1 cm³/mol. The molecule has 1 aromatic carbocycles. The van der Waals surface area contributed by atoms with Crippen LogP contribution in [0.1, 0.15) is 17.2 Å². The lowest BCUT2D eigenvalue weighted by atomic mass is 10.1. The predicted octanol–water partition coefficient (Wildman–Crippen LogP) is 1.42. The Hall–Kier alpha value is -2.02. The zero-order valence-corrected chi connectivity index (χ0v) is 11.1. The highest BCUT2D eigenvalue weighted by Gasteiger charge is 2.19. The first-order valence-corrected chi connectivity index (χ1v) is 6.50. The van der Waals surface area contributed by atoms with Crippen molar-refractivity contribution in [3.05, 3.63) is 46.4 Å². The van der Waals surface area contributed by atoms with Gasteiger partial charge in [0.15, 0.2) is 5.16 Å². The van der Waals surface area contributed by atoms with Gasteiger partial charge in [0.2, 0.25) is 0 Å². The van der Waals surface area contributed by atoms with Crippen molar-refractivity contribution in [3.63, 3.8) is 0 Å². The van der Waals surface area contributed by atoms with E-state index in [4.69, 9.17) is 5.11 Å². The van der Waals surface area contributed by atoms with Gasteiger partial charge >= 0.3 is 11.7 Å². The van der Waals surface area contributed by atoms with Crippen LogP contribution >= 0.6 is 11.8 Å². The maximum Gasteiger partial charge on any atom is 0.343 e. The molecular formula is C12H13N3O3S. The summed E-state index contributed by atoms with van der Waals surface area (Å²) in [5, 5.41) is 15.4. The van der Waals surface area contributed by atoms with Gasteiger partial charge in [-0.25, -0.2) is 9.89 Å². The molecule has 6 nitrogen and oxygen atoms in total. The molecule has 0 aliphatic rings. The average molecular weight is 279 g/mol. The number of carboxylic acid groups (broad SMARTS) is 1. The lowest BCUT2D eigenvalue weighted by Gasteiger charge is -2.13. The molecule has 0 saturated carbocycles. The summed E-state index contributed by atoms with van der Waals surface area (Å²) < 4.78 is 1.36. The summed E-state index contributed by atoms with van der Waals surface area (Å²) in [7, 11) is 1.59. The first-order chi connectivity index (χ1) is 9.08. The Morgan fingerprint density at radius 1 is 1.47 bits per heavy atom. The zero-order chi connectivity index (χ0) is 13.8. The normalized spacial score (nSPS) is 12.3. The minimum atomic E-state index is -0.887. The Kier molecular flexibility index (Phi) is 4.06. The molecule has 1 heterocycles. The highest BCUT2D eigenvalue weighted by Crippen LogP contribution is 2.35. The quantitative estimate of drug-likeness (QED) is 0.808. The van der Waals surface area contributed by atoms with E-state index in [0.717, 1.165) is 5.56 Å². The van der Waals surface area contributed by atoms with E-state index < -0.39 is 5.97 Å². The number of aromatic nitrogens is 3. The molecule has 2 N–H and O–H groups in total. The lowest BCUT2D eigenvalue weighted by molar-refractivity contribution is -0.137. The van der Waals surface area contributed by atoms with Crippen molar-refractivity contribution in [1.29, 1.82) is 0 Å². The number of hydrogen-bond donors (Lipinski definition) is 2. The molecular weight excluding hydrogens is 266 g/mol. The molecule has 0 bridgehead atoms. The minimum Gasteiger partial charge on any atom is -0.481 e. The van der Waals surface area contributed by atoms with Crippen molar-refractivity contribution >= 4 is 17.7 Å². The second-order valence-electron chi connectivity index (χ2n) is 3.99. The molecule has 0 radical (unpaired) electrons. The van der Waals surface area contributed by atoms with Crippen LogP contribution in [0.4, 0.5) is 0 Å². The third kappa shape index (κ3) is 3.25. The van der Waals surface area contributed by atoms with E-state index in [1.165, 1.54) is 16.3 Å². The van der Waals surface area contributed by atoms with Gasteiger partial charge in [0.25, 0.3) is 0 Å². The summed E-state index contributed by atoms with van der Waals surface area (Å²) in [5.41, 5.74) is 0.579. The fraction of sp³-hybridized carbons (Fsp3) is 0.250. The molecule has 7 heteroatoms. The van der Waals surface area contributed by atoms with E-state index in [-0.39, 0.29) is 17.4 Å². The van der Waals surface area contributed by atoms with Crippen molar-refractivity contribution in [2.75, 3.05) is 0 Å². The Morgan fingerprint density at radius 3 is 2.68 bits per heavy atom. The molecule has 100 valence electrons. The van der Waals surface area contributed by atoms with E-state index in [0.29, 0.717) is 5.16 Å². The van der Waals surface area contributed by atoms with Crippen LogP contribution < -0.4 is 5.69 Å². The molecule has 1 unspecified atom stereocenters. The first-order valence-electron chi connectivity index (χ1n) is 5.62. The molecule has 0 aliphatic heterocycles. The van der Waals surface area contributed by atoms with Gasteiger partial charge < -0.3 is 5.11 Å². The Bertz CT molecular complexity index is 621. The summed E-state index contributed by atoms with van der Waals surface area (Å²) in [6.45, 7) is 0. The number of H-pyrrole nitrogens is 1. The molecule has 1 atom stereocenters. The molecule has 19 heavy (non-hydrogen) atoms. The fourth-order valence-corrected chi connectivity index (χ4v) is 2.73. The smallest absolute Gasteiger partial charge is 0.343 e. The Labute approximate surface area is 113 Å². The van der Waals surface area contributed by atoms with Crippen LogP contribution in [-0.2, 0) is 11.8 Å². The molecule has 1 aromatic heterocycles. The summed E-state index contributed by atoms with van der Waals surface area (Å²) in [6.07, 6.45) is -0.0320. The van der Waals surface area contributed by atoms with Gasteiger partial charge in [-0.3, -0.25) is 9.36 Å². The SMILES string of the molecule is Cn1c(SC(CC(=O)O)c2ccccc2)n[nH]c1=O. The van der Waals surface area contributed by atoms with E-state index in [9.17, 15) is 9.59 Å². The largest absolute Gasteiger partial charge is 0.481 e. The number of thioether (sulfide) groups is 1. The highest BCUT2D eigenvalue weighted by molar-refractivity contribution is 7.99. The van der Waals surface area contributed by atoms with Gasteiger partial charge in [-0.1, -0.05) is 42.1 Å². The standard InChI is InChI=1S/C12H13N3O3S/c1-15-11(18)13-14-12(15)19-9(7-10(16)17)8-5-3-2-4-6-8/h2-6,9H,7H2,1H3,(H,13,18)(H,16,17).